The van der Waals surface area contributed by atoms with Gasteiger partial charge < -0.3 is 10.2 Å². The molecule has 1 N–H and O–H groups in total. The number of nitrogens with one attached hydrogen (secondary N) is 1. The Kier molecular flexibility index (Phi) is 10.0. The minimum absolute atomic E-state index is 0. The molecule has 0 unspecified atom stereocenters. The number of hydrogen-bond acceptors (Lipinski definition) is 6. The Morgan fingerprint density at radius 2 is 2.08 bits per heavy atom. The van der Waals surface area contributed by atoms with E-state index in [-0.39, 0.29) is 30.7 Å². The highest BCUT2D eigenvalue weighted by molar-refractivity contribution is 7.13. The highest BCUT2D eigenvalue weighted by atomic mass is 35.5. The second kappa shape index (κ2) is 11.4. The summed E-state index contributed by atoms with van der Waals surface area (Å²) in [6.45, 7) is 2.80. The first-order valence-electron chi connectivity index (χ1n) is 8.39. The number of carbonyl (C=O) groups is 1. The summed E-state index contributed by atoms with van der Waals surface area (Å²) in [5.74, 6) is 0.919. The lowest BCUT2D eigenvalue weighted by molar-refractivity contribution is -0.131. The zero-order valence-corrected chi connectivity index (χ0v) is 17.2. The molecule has 1 aliphatic rings. The third-order valence-electron chi connectivity index (χ3n) is 4.44. The summed E-state index contributed by atoms with van der Waals surface area (Å²) in [7, 11) is 1.99. The minimum atomic E-state index is 0. The molecule has 1 amide bonds. The summed E-state index contributed by atoms with van der Waals surface area (Å²) < 4.78 is 0. The third-order valence-corrected chi connectivity index (χ3v) is 5.35. The topological polar surface area (TPSA) is 71.0 Å². The van der Waals surface area contributed by atoms with Gasteiger partial charge in [0.2, 0.25) is 5.91 Å². The maximum absolute atomic E-state index is 12.5. The van der Waals surface area contributed by atoms with Crippen LogP contribution in [-0.4, -0.2) is 52.4 Å². The number of carbonyl (C=O) groups excluding carboxylic acids is 1. The first kappa shape index (κ1) is 22.8. The van der Waals surface area contributed by atoms with Crippen molar-refractivity contribution in [1.82, 2.24) is 25.2 Å². The minimum Gasteiger partial charge on any atom is -0.342 e. The molecule has 26 heavy (non-hydrogen) atoms. The standard InChI is InChI=1S/C17H23N5OS.2ClH/c1-18-5-2-13-3-8-22(9-4-13)16(23)10-14-12-24-17(21-14)15-11-19-6-7-20-15;;/h6-7,11-13,18H,2-5,8-10H2,1H3;2*1H. The van der Waals surface area contributed by atoms with Crippen LogP contribution in [0, 0.1) is 5.92 Å². The molecule has 3 heterocycles. The second-order valence-corrected chi connectivity index (χ2v) is 6.99. The Balaban J connectivity index is 0.00000169. The number of thiazole rings is 1. The Morgan fingerprint density at radius 1 is 1.31 bits per heavy atom. The van der Waals surface area contributed by atoms with E-state index >= 15 is 0 Å². The van der Waals surface area contributed by atoms with Crippen molar-refractivity contribution in [2.24, 2.45) is 5.92 Å². The summed E-state index contributed by atoms with van der Waals surface area (Å²) in [5.41, 5.74) is 1.58. The van der Waals surface area contributed by atoms with Gasteiger partial charge in [0.1, 0.15) is 10.7 Å². The molecule has 1 aliphatic heterocycles. The van der Waals surface area contributed by atoms with Gasteiger partial charge in [-0.25, -0.2) is 4.98 Å². The van der Waals surface area contributed by atoms with Gasteiger partial charge in [0.15, 0.2) is 0 Å². The van der Waals surface area contributed by atoms with Crippen molar-refractivity contribution < 1.29 is 4.79 Å². The van der Waals surface area contributed by atoms with Gasteiger partial charge in [-0.1, -0.05) is 0 Å². The second-order valence-electron chi connectivity index (χ2n) is 6.13. The molecule has 1 saturated heterocycles. The van der Waals surface area contributed by atoms with Crippen molar-refractivity contribution in [1.29, 1.82) is 0 Å². The van der Waals surface area contributed by atoms with E-state index in [0.29, 0.717) is 6.42 Å². The maximum atomic E-state index is 12.5. The van der Waals surface area contributed by atoms with Gasteiger partial charge in [0, 0.05) is 30.9 Å². The predicted octanol–water partition coefficient (Wildman–Crippen LogP) is 2.83. The molecular formula is C17H25Cl2N5OS. The predicted molar refractivity (Wildman–Crippen MR) is 109 cm³/mol. The van der Waals surface area contributed by atoms with Crippen molar-refractivity contribution in [2.75, 3.05) is 26.7 Å². The maximum Gasteiger partial charge on any atom is 0.228 e. The van der Waals surface area contributed by atoms with Crippen molar-refractivity contribution in [3.8, 4) is 10.7 Å². The Labute approximate surface area is 170 Å². The summed E-state index contributed by atoms with van der Waals surface area (Å²) >= 11 is 1.51. The summed E-state index contributed by atoms with van der Waals surface area (Å²) in [4.78, 5) is 27.3. The van der Waals surface area contributed by atoms with Gasteiger partial charge in [-0.3, -0.25) is 14.8 Å². The quantitative estimate of drug-likeness (QED) is 0.781. The number of amides is 1. The van der Waals surface area contributed by atoms with Crippen LogP contribution in [0.25, 0.3) is 10.7 Å². The summed E-state index contributed by atoms with van der Waals surface area (Å²) in [6, 6.07) is 0. The molecular weight excluding hydrogens is 393 g/mol. The number of hydrogen-bond donors (Lipinski definition) is 1. The molecule has 0 aliphatic carbocycles. The fraction of sp³-hybridized carbons (Fsp3) is 0.529. The normalized spacial score (nSPS) is 14.4. The molecule has 3 rings (SSSR count). The van der Waals surface area contributed by atoms with E-state index in [9.17, 15) is 4.79 Å². The van der Waals surface area contributed by atoms with Crippen molar-refractivity contribution in [3.05, 3.63) is 29.7 Å². The van der Waals surface area contributed by atoms with Crippen molar-refractivity contribution in [3.63, 3.8) is 0 Å². The highest BCUT2D eigenvalue weighted by Crippen LogP contribution is 2.23. The average molecular weight is 418 g/mol. The van der Waals surface area contributed by atoms with Gasteiger partial charge in [0.05, 0.1) is 18.3 Å². The van der Waals surface area contributed by atoms with Gasteiger partial charge in [0.25, 0.3) is 0 Å². The zero-order chi connectivity index (χ0) is 16.8. The van der Waals surface area contributed by atoms with E-state index in [1.807, 2.05) is 17.3 Å². The molecule has 0 aromatic carbocycles. The molecule has 2 aromatic heterocycles. The Hall–Kier alpha value is -1.28. The summed E-state index contributed by atoms with van der Waals surface area (Å²) in [6.07, 6.45) is 8.77. The van der Waals surface area contributed by atoms with Crippen molar-refractivity contribution >= 4 is 42.1 Å². The molecule has 1 fully saturated rings. The zero-order valence-electron chi connectivity index (χ0n) is 14.8. The number of halogens is 2. The molecule has 0 bridgehead atoms. The molecule has 9 heteroatoms. The van der Waals surface area contributed by atoms with E-state index in [0.717, 1.165) is 54.8 Å². The van der Waals surface area contributed by atoms with E-state index in [2.05, 4.69) is 20.3 Å². The Bertz CT molecular complexity index is 662. The van der Waals surface area contributed by atoms with E-state index in [1.54, 1.807) is 18.6 Å². The highest BCUT2D eigenvalue weighted by Gasteiger charge is 2.23. The number of piperidine rings is 1. The van der Waals surface area contributed by atoms with Crippen LogP contribution in [0.1, 0.15) is 25.0 Å². The van der Waals surface area contributed by atoms with Gasteiger partial charge in [-0.2, -0.15) is 0 Å². The number of aromatic nitrogens is 3. The first-order chi connectivity index (χ1) is 11.8. The fourth-order valence-corrected chi connectivity index (χ4v) is 3.78. The SMILES string of the molecule is CNCCC1CCN(C(=O)Cc2csc(-c3cnccn3)n2)CC1.Cl.Cl. The number of nitrogens with zero attached hydrogens (tertiary/aromatic N) is 4. The van der Waals surface area contributed by atoms with Gasteiger partial charge in [-0.05, 0) is 38.8 Å². The van der Waals surface area contributed by atoms with Gasteiger partial charge >= 0.3 is 0 Å². The molecule has 0 saturated carbocycles. The number of likely N-dealkylation sites (tertiary alicyclic amines) is 1. The molecule has 6 nitrogen and oxygen atoms in total. The molecule has 2 aromatic rings. The van der Waals surface area contributed by atoms with Crippen LogP contribution >= 0.6 is 36.2 Å². The third kappa shape index (κ3) is 6.16. The first-order valence-corrected chi connectivity index (χ1v) is 9.27. The van der Waals surface area contributed by atoms with Crippen molar-refractivity contribution in [2.45, 2.75) is 25.7 Å². The van der Waals surface area contributed by atoms with E-state index in [1.165, 1.54) is 17.8 Å². The lowest BCUT2D eigenvalue weighted by Crippen LogP contribution is -2.39. The smallest absolute Gasteiger partial charge is 0.228 e. The molecule has 0 radical (unpaired) electrons. The van der Waals surface area contributed by atoms with Crippen LogP contribution in [0.4, 0.5) is 0 Å². The number of rotatable bonds is 6. The summed E-state index contributed by atoms with van der Waals surface area (Å²) in [5, 5.41) is 5.96. The lowest BCUT2D eigenvalue weighted by atomic mass is 9.93. The van der Waals surface area contributed by atoms with Crippen LogP contribution in [0.5, 0.6) is 0 Å². The van der Waals surface area contributed by atoms with E-state index in [4.69, 9.17) is 0 Å². The molecule has 0 spiro atoms. The fourth-order valence-electron chi connectivity index (χ4n) is 3.00. The van der Waals surface area contributed by atoms with Crippen LogP contribution < -0.4 is 5.32 Å². The average Bonchev–Trinajstić information content (AvgIpc) is 3.09. The van der Waals surface area contributed by atoms with Gasteiger partial charge in [-0.15, -0.1) is 36.2 Å². The molecule has 144 valence electrons. The molecule has 0 atom stereocenters. The van der Waals surface area contributed by atoms with Crippen LogP contribution in [0.3, 0.4) is 0 Å². The van der Waals surface area contributed by atoms with Crippen LogP contribution in [0.2, 0.25) is 0 Å². The van der Waals surface area contributed by atoms with Crippen LogP contribution in [0.15, 0.2) is 24.0 Å². The monoisotopic (exact) mass is 417 g/mol. The lowest BCUT2D eigenvalue weighted by Gasteiger charge is -2.32. The largest absolute Gasteiger partial charge is 0.342 e. The van der Waals surface area contributed by atoms with Crippen LogP contribution in [-0.2, 0) is 11.2 Å². The van der Waals surface area contributed by atoms with E-state index < -0.39 is 0 Å². The Morgan fingerprint density at radius 3 is 2.73 bits per heavy atom.